The van der Waals surface area contributed by atoms with Crippen molar-refractivity contribution in [2.75, 3.05) is 25.5 Å². The Kier molecular flexibility index (Phi) is 6.13. The molecule has 19 heavy (non-hydrogen) atoms. The number of halogens is 4. The van der Waals surface area contributed by atoms with Crippen molar-refractivity contribution in [3.8, 4) is 5.75 Å². The molecule has 2 nitrogen and oxygen atoms in total. The van der Waals surface area contributed by atoms with E-state index >= 15 is 0 Å². The maximum atomic E-state index is 12.5. The quantitative estimate of drug-likeness (QED) is 0.731. The van der Waals surface area contributed by atoms with Crippen molar-refractivity contribution in [1.29, 1.82) is 0 Å². The first kappa shape index (κ1) is 16.3. The molecule has 0 fully saturated rings. The van der Waals surface area contributed by atoms with Crippen molar-refractivity contribution < 1.29 is 17.9 Å². The fourth-order valence-corrected chi connectivity index (χ4v) is 2.36. The molecule has 0 N–H and O–H groups in total. The minimum atomic E-state index is -4.20. The summed E-state index contributed by atoms with van der Waals surface area (Å²) in [7, 11) is 1.52. The van der Waals surface area contributed by atoms with Gasteiger partial charge in [-0.25, -0.2) is 0 Å². The smallest absolute Gasteiger partial charge is 0.401 e. The Morgan fingerprint density at radius 3 is 2.53 bits per heavy atom. The zero-order chi connectivity index (χ0) is 14.5. The number of methoxy groups -OCH3 is 1. The molecule has 0 aliphatic rings. The van der Waals surface area contributed by atoms with Gasteiger partial charge in [0.2, 0.25) is 0 Å². The van der Waals surface area contributed by atoms with Crippen molar-refractivity contribution in [2.45, 2.75) is 19.6 Å². The van der Waals surface area contributed by atoms with Crippen LogP contribution < -0.4 is 4.74 Å². The van der Waals surface area contributed by atoms with E-state index in [9.17, 15) is 13.2 Å². The largest absolute Gasteiger partial charge is 0.496 e. The molecule has 1 aromatic carbocycles. The number of nitrogens with zero attached hydrogens (tertiary/aromatic N) is 1. The van der Waals surface area contributed by atoms with Gasteiger partial charge in [0.15, 0.2) is 0 Å². The van der Waals surface area contributed by atoms with Crippen molar-refractivity contribution in [2.24, 2.45) is 0 Å². The van der Waals surface area contributed by atoms with Crippen LogP contribution in [0.5, 0.6) is 5.75 Å². The number of ether oxygens (including phenoxy) is 1. The maximum absolute atomic E-state index is 12.5. The zero-order valence-corrected chi connectivity index (χ0v) is 12.5. The summed E-state index contributed by atoms with van der Waals surface area (Å²) in [5, 5.41) is 0.497. The number of rotatable bonds is 6. The van der Waals surface area contributed by atoms with Crippen LogP contribution in [-0.4, -0.2) is 36.6 Å². The van der Waals surface area contributed by atoms with Crippen molar-refractivity contribution in [1.82, 2.24) is 4.90 Å². The molecule has 0 amide bonds. The van der Waals surface area contributed by atoms with Crippen molar-refractivity contribution in [3.05, 3.63) is 29.3 Å². The standard InChI is InChI=1S/C13H17BrF3NO/c1-10-3-4-12(19-2)11(7-10)8-18(6-5-14)9-13(15,16)17/h3-4,7H,5-6,8-9H2,1-2H3. The molecule has 6 heteroatoms. The molecule has 108 valence electrons. The van der Waals surface area contributed by atoms with E-state index in [0.717, 1.165) is 11.1 Å². The SMILES string of the molecule is COc1ccc(C)cc1CN(CCBr)CC(F)(F)F. The molecule has 0 spiro atoms. The van der Waals surface area contributed by atoms with E-state index in [1.165, 1.54) is 12.0 Å². The maximum Gasteiger partial charge on any atom is 0.401 e. The molecular weight excluding hydrogens is 323 g/mol. The van der Waals surface area contributed by atoms with Crippen LogP contribution in [0.4, 0.5) is 13.2 Å². The lowest BCUT2D eigenvalue weighted by atomic mass is 10.1. The Balaban J connectivity index is 2.86. The van der Waals surface area contributed by atoms with E-state index in [0.29, 0.717) is 17.6 Å². The fraction of sp³-hybridized carbons (Fsp3) is 0.538. The lowest BCUT2D eigenvalue weighted by Gasteiger charge is -2.23. The van der Waals surface area contributed by atoms with E-state index in [-0.39, 0.29) is 6.54 Å². The summed E-state index contributed by atoms with van der Waals surface area (Å²) in [6.07, 6.45) is -4.20. The van der Waals surface area contributed by atoms with E-state index in [4.69, 9.17) is 4.74 Å². The number of alkyl halides is 4. The average Bonchev–Trinajstić information content (AvgIpc) is 2.27. The Morgan fingerprint density at radius 1 is 1.32 bits per heavy atom. The summed E-state index contributed by atoms with van der Waals surface area (Å²) >= 11 is 3.18. The summed E-state index contributed by atoms with van der Waals surface area (Å²) in [4.78, 5) is 1.35. The van der Waals surface area contributed by atoms with Crippen LogP contribution in [-0.2, 0) is 6.54 Å². The first-order chi connectivity index (χ1) is 8.85. The molecule has 0 atom stereocenters. The first-order valence-electron chi connectivity index (χ1n) is 5.84. The Hall–Kier alpha value is -0.750. The van der Waals surface area contributed by atoms with Gasteiger partial charge in [0.1, 0.15) is 5.75 Å². The fourth-order valence-electron chi connectivity index (χ4n) is 1.86. The minimum absolute atomic E-state index is 0.218. The van der Waals surface area contributed by atoms with Crippen LogP contribution in [0.1, 0.15) is 11.1 Å². The van der Waals surface area contributed by atoms with E-state index in [1.54, 1.807) is 6.07 Å². The predicted molar refractivity (Wildman–Crippen MR) is 72.9 cm³/mol. The van der Waals surface area contributed by atoms with Gasteiger partial charge >= 0.3 is 6.18 Å². The summed E-state index contributed by atoms with van der Waals surface area (Å²) < 4.78 is 42.7. The zero-order valence-electron chi connectivity index (χ0n) is 10.9. The Bertz CT molecular complexity index is 409. The molecule has 0 saturated carbocycles. The van der Waals surface area contributed by atoms with Gasteiger partial charge in [0.05, 0.1) is 13.7 Å². The molecule has 0 aromatic heterocycles. The predicted octanol–water partition coefficient (Wildman–Crippen LogP) is 3.76. The van der Waals surface area contributed by atoms with Crippen LogP contribution in [0.25, 0.3) is 0 Å². The van der Waals surface area contributed by atoms with E-state index in [1.807, 2.05) is 19.1 Å². The normalized spacial score (nSPS) is 11.9. The molecule has 0 bridgehead atoms. The highest BCUT2D eigenvalue weighted by Crippen LogP contribution is 2.24. The van der Waals surface area contributed by atoms with Crippen molar-refractivity contribution >= 4 is 15.9 Å². The summed E-state index contributed by atoms with van der Waals surface area (Å²) in [6, 6.07) is 5.52. The van der Waals surface area contributed by atoms with Gasteiger partial charge in [0, 0.05) is 24.0 Å². The molecule has 1 aromatic rings. The van der Waals surface area contributed by atoms with Crippen LogP contribution in [0, 0.1) is 6.92 Å². The average molecular weight is 340 g/mol. The lowest BCUT2D eigenvalue weighted by Crippen LogP contribution is -2.35. The third-order valence-electron chi connectivity index (χ3n) is 2.63. The van der Waals surface area contributed by atoms with Crippen LogP contribution in [0.2, 0.25) is 0 Å². The van der Waals surface area contributed by atoms with Crippen LogP contribution in [0.15, 0.2) is 18.2 Å². The molecule has 0 radical (unpaired) electrons. The summed E-state index contributed by atoms with van der Waals surface area (Å²) in [5.74, 6) is 0.618. The highest BCUT2D eigenvalue weighted by atomic mass is 79.9. The third kappa shape index (κ3) is 5.82. The Morgan fingerprint density at radius 2 is 2.00 bits per heavy atom. The highest BCUT2D eigenvalue weighted by Gasteiger charge is 2.30. The molecule has 0 saturated heterocycles. The van der Waals surface area contributed by atoms with Gasteiger partial charge in [-0.2, -0.15) is 13.2 Å². The molecule has 0 unspecified atom stereocenters. The minimum Gasteiger partial charge on any atom is -0.496 e. The van der Waals surface area contributed by atoms with Gasteiger partial charge in [-0.3, -0.25) is 4.90 Å². The van der Waals surface area contributed by atoms with Gasteiger partial charge in [0.25, 0.3) is 0 Å². The molecule has 0 heterocycles. The van der Waals surface area contributed by atoms with Gasteiger partial charge in [-0.05, 0) is 13.0 Å². The number of hydrogen-bond acceptors (Lipinski definition) is 2. The Labute approximate surface area is 119 Å². The monoisotopic (exact) mass is 339 g/mol. The number of benzene rings is 1. The summed E-state index contributed by atoms with van der Waals surface area (Å²) in [5.41, 5.74) is 1.77. The second-order valence-electron chi connectivity index (χ2n) is 4.33. The van der Waals surface area contributed by atoms with Gasteiger partial charge in [-0.1, -0.05) is 33.6 Å². The van der Waals surface area contributed by atoms with E-state index in [2.05, 4.69) is 15.9 Å². The molecule has 0 aliphatic carbocycles. The molecule has 1 rings (SSSR count). The third-order valence-corrected chi connectivity index (χ3v) is 2.99. The van der Waals surface area contributed by atoms with Gasteiger partial charge in [-0.15, -0.1) is 0 Å². The van der Waals surface area contributed by atoms with E-state index < -0.39 is 12.7 Å². The second-order valence-corrected chi connectivity index (χ2v) is 5.12. The molecule has 0 aliphatic heterocycles. The number of hydrogen-bond donors (Lipinski definition) is 0. The van der Waals surface area contributed by atoms with Crippen molar-refractivity contribution in [3.63, 3.8) is 0 Å². The second kappa shape index (κ2) is 7.14. The lowest BCUT2D eigenvalue weighted by molar-refractivity contribution is -0.146. The van der Waals surface area contributed by atoms with Crippen LogP contribution >= 0.6 is 15.9 Å². The van der Waals surface area contributed by atoms with Gasteiger partial charge < -0.3 is 4.74 Å². The first-order valence-corrected chi connectivity index (χ1v) is 6.96. The topological polar surface area (TPSA) is 12.5 Å². The number of aryl methyl sites for hydroxylation is 1. The highest BCUT2D eigenvalue weighted by molar-refractivity contribution is 9.09. The molecular formula is C13H17BrF3NO. The van der Waals surface area contributed by atoms with Crippen LogP contribution in [0.3, 0.4) is 0 Å². The summed E-state index contributed by atoms with van der Waals surface area (Å²) in [6.45, 7) is 1.53.